The number of aliphatic hydroxyl groups excluding tert-OH is 2. The highest BCUT2D eigenvalue weighted by atomic mass is 16.7. The first-order valence-electron chi connectivity index (χ1n) is 15.7. The van der Waals surface area contributed by atoms with E-state index in [1.165, 1.54) is 12.0 Å². The minimum Gasteiger partial charge on any atom is -0.861 e. The molecule has 8 nitrogen and oxygen atoms in total. The standard InChI is InChI=1S/C33H56N4O4/c1-20(2)12-26(18-36(7)8)34-16-23-10-9-11-24(13-23)17-37-31(30(22(4)39)29(19-38)41-37)32(40)35-28-15-25-14-27(21(28)3)33(25,5)6/h9-11,13,20-22,25-31,34,38-39H,12,14-19H2,1-8H3,(H,35,40)/p-1/t21?,22-,25?,26?,27?,28?,29-,30?,31-/m0/s1. The molecular formula is C33H55N4O4-. The summed E-state index contributed by atoms with van der Waals surface area (Å²) in [6.07, 6.45) is 1.81. The Morgan fingerprint density at radius 3 is 2.51 bits per heavy atom. The summed E-state index contributed by atoms with van der Waals surface area (Å²) < 4.78 is 0. The SMILES string of the molecule is CC(C)CC(CN(C)C)NCc1cccc(CN2O[C@@H](CO)C([C@H](C)O)[C@H]2C([O-])=NC2CC3CC(C2C)C3(C)C)c1. The molecule has 0 aromatic heterocycles. The lowest BCUT2D eigenvalue weighted by atomic mass is 9.45. The second kappa shape index (κ2) is 13.4. The summed E-state index contributed by atoms with van der Waals surface area (Å²) in [5.74, 6) is 1.37. The number of nitrogens with one attached hydrogen (secondary N) is 1. The smallest absolute Gasteiger partial charge is 0.110 e. The minimum absolute atomic E-state index is 0.000645. The first-order chi connectivity index (χ1) is 19.3. The van der Waals surface area contributed by atoms with Crippen LogP contribution in [0.15, 0.2) is 29.3 Å². The van der Waals surface area contributed by atoms with E-state index >= 15 is 0 Å². The number of hydrogen-bond acceptors (Lipinski definition) is 8. The first kappa shape index (κ1) is 32.4. The fourth-order valence-corrected chi connectivity index (χ4v) is 7.90. The molecular weight excluding hydrogens is 516 g/mol. The zero-order valence-electron chi connectivity index (χ0n) is 26.6. The Bertz CT molecular complexity index is 1020. The molecule has 0 radical (unpaired) electrons. The highest BCUT2D eigenvalue weighted by Gasteiger charge is 2.56. The van der Waals surface area contributed by atoms with Crippen molar-refractivity contribution in [2.45, 2.75) is 104 Å². The molecule has 1 aromatic carbocycles. The van der Waals surface area contributed by atoms with Gasteiger partial charge >= 0.3 is 0 Å². The number of hydroxylamine groups is 2. The zero-order chi connectivity index (χ0) is 30.1. The fourth-order valence-electron chi connectivity index (χ4n) is 7.90. The number of fused-ring (bicyclic) bond motifs is 2. The number of aliphatic imine (C=N–C) groups is 1. The number of nitrogens with zero attached hydrogens (tertiary/aromatic N) is 3. The molecule has 8 heteroatoms. The molecule has 0 spiro atoms. The number of likely N-dealkylation sites (N-methyl/N-ethyl adjacent to an activating group) is 1. The Morgan fingerprint density at radius 1 is 1.22 bits per heavy atom. The van der Waals surface area contributed by atoms with Gasteiger partial charge in [-0.1, -0.05) is 58.9 Å². The molecule has 4 aliphatic rings. The van der Waals surface area contributed by atoms with E-state index in [9.17, 15) is 15.3 Å². The Hall–Kier alpha value is -1.55. The molecule has 4 fully saturated rings. The highest BCUT2D eigenvalue weighted by Crippen LogP contribution is 2.61. The average Bonchev–Trinajstić information content (AvgIpc) is 3.26. The predicted octanol–water partition coefficient (Wildman–Crippen LogP) is 3.06. The van der Waals surface area contributed by atoms with Gasteiger partial charge in [-0.15, -0.1) is 0 Å². The monoisotopic (exact) mass is 571 g/mol. The number of hydrogen-bond donors (Lipinski definition) is 3. The van der Waals surface area contributed by atoms with Crippen LogP contribution in [-0.2, 0) is 17.9 Å². The molecule has 3 N–H and O–H groups in total. The van der Waals surface area contributed by atoms with Gasteiger partial charge in [0, 0.05) is 31.6 Å². The molecule has 9 atom stereocenters. The van der Waals surface area contributed by atoms with E-state index in [4.69, 9.17) is 9.83 Å². The predicted molar refractivity (Wildman–Crippen MR) is 162 cm³/mol. The Kier molecular flexibility index (Phi) is 10.6. The molecule has 41 heavy (non-hydrogen) atoms. The largest absolute Gasteiger partial charge is 0.861 e. The summed E-state index contributed by atoms with van der Waals surface area (Å²) in [5, 5.41) is 40.0. The molecule has 1 heterocycles. The van der Waals surface area contributed by atoms with Crippen LogP contribution in [-0.4, -0.2) is 83.7 Å². The van der Waals surface area contributed by atoms with Crippen LogP contribution in [0.3, 0.4) is 0 Å². The molecule has 232 valence electrons. The minimum atomic E-state index is -0.817. The summed E-state index contributed by atoms with van der Waals surface area (Å²) in [4.78, 5) is 13.2. The third-order valence-electron chi connectivity index (χ3n) is 10.2. The average molecular weight is 572 g/mol. The van der Waals surface area contributed by atoms with E-state index in [0.717, 1.165) is 31.5 Å². The maximum Gasteiger partial charge on any atom is 0.110 e. The van der Waals surface area contributed by atoms with E-state index in [1.807, 2.05) is 12.1 Å². The van der Waals surface area contributed by atoms with Gasteiger partial charge in [-0.3, -0.25) is 4.84 Å². The summed E-state index contributed by atoms with van der Waals surface area (Å²) >= 11 is 0. The normalized spacial score (nSPS) is 33.3. The highest BCUT2D eigenvalue weighted by molar-refractivity contribution is 5.78. The Balaban J connectivity index is 1.50. The maximum absolute atomic E-state index is 13.8. The molecule has 6 unspecified atom stereocenters. The van der Waals surface area contributed by atoms with Crippen LogP contribution in [0.4, 0.5) is 0 Å². The van der Waals surface area contributed by atoms with Crippen molar-refractivity contribution in [1.29, 1.82) is 0 Å². The van der Waals surface area contributed by atoms with Gasteiger partial charge in [0.15, 0.2) is 0 Å². The zero-order valence-corrected chi connectivity index (χ0v) is 26.6. The third kappa shape index (κ3) is 7.34. The van der Waals surface area contributed by atoms with Gasteiger partial charge in [-0.25, -0.2) is 0 Å². The van der Waals surface area contributed by atoms with Crippen LogP contribution in [0.25, 0.3) is 0 Å². The van der Waals surface area contributed by atoms with E-state index in [0.29, 0.717) is 41.7 Å². The van der Waals surface area contributed by atoms with Crippen molar-refractivity contribution < 1.29 is 20.2 Å². The van der Waals surface area contributed by atoms with E-state index in [2.05, 4.69) is 71.1 Å². The second-order valence-corrected chi connectivity index (χ2v) is 14.4. The van der Waals surface area contributed by atoms with Crippen molar-refractivity contribution in [3.8, 4) is 0 Å². The Labute approximate surface area is 248 Å². The van der Waals surface area contributed by atoms with Crippen molar-refractivity contribution in [2.75, 3.05) is 27.2 Å². The van der Waals surface area contributed by atoms with Gasteiger partial charge in [0.1, 0.15) is 6.10 Å². The maximum atomic E-state index is 13.8. The second-order valence-electron chi connectivity index (χ2n) is 14.4. The van der Waals surface area contributed by atoms with E-state index in [1.54, 1.807) is 12.0 Å². The van der Waals surface area contributed by atoms with E-state index < -0.39 is 24.2 Å². The summed E-state index contributed by atoms with van der Waals surface area (Å²) in [7, 11) is 4.21. The van der Waals surface area contributed by atoms with Crippen LogP contribution < -0.4 is 10.4 Å². The van der Waals surface area contributed by atoms with Crippen LogP contribution in [0.2, 0.25) is 0 Å². The molecule has 2 bridgehead atoms. The lowest BCUT2D eigenvalue weighted by Crippen LogP contribution is -2.57. The molecule has 1 aromatic rings. The summed E-state index contributed by atoms with van der Waals surface area (Å²) in [5.41, 5.74) is 2.51. The van der Waals surface area contributed by atoms with Crippen LogP contribution in [0.5, 0.6) is 0 Å². The summed E-state index contributed by atoms with van der Waals surface area (Å²) in [6.45, 7) is 15.0. The number of benzene rings is 1. The van der Waals surface area contributed by atoms with Crippen molar-refractivity contribution in [3.05, 3.63) is 35.4 Å². The third-order valence-corrected chi connectivity index (χ3v) is 10.2. The van der Waals surface area contributed by atoms with Crippen molar-refractivity contribution >= 4 is 5.90 Å². The lowest BCUT2D eigenvalue weighted by molar-refractivity contribution is -0.239. The molecule has 1 aliphatic heterocycles. The topological polar surface area (TPSA) is 104 Å². The van der Waals surface area contributed by atoms with Crippen LogP contribution in [0.1, 0.15) is 71.9 Å². The number of rotatable bonds is 13. The van der Waals surface area contributed by atoms with Gasteiger partial charge in [0.2, 0.25) is 0 Å². The molecule has 1 saturated heterocycles. The van der Waals surface area contributed by atoms with Crippen LogP contribution in [0, 0.1) is 35.0 Å². The first-order valence-corrected chi connectivity index (χ1v) is 15.7. The van der Waals surface area contributed by atoms with Crippen molar-refractivity contribution in [2.24, 2.45) is 40.0 Å². The van der Waals surface area contributed by atoms with Gasteiger partial charge < -0.3 is 30.5 Å². The lowest BCUT2D eigenvalue weighted by Gasteiger charge is -2.61. The summed E-state index contributed by atoms with van der Waals surface area (Å²) in [6, 6.07) is 8.02. The molecule has 3 aliphatic carbocycles. The van der Waals surface area contributed by atoms with E-state index in [-0.39, 0.29) is 18.5 Å². The fraction of sp³-hybridized carbons (Fsp3) is 0.788. The van der Waals surface area contributed by atoms with Crippen molar-refractivity contribution in [1.82, 2.24) is 15.3 Å². The molecule has 5 rings (SSSR count). The van der Waals surface area contributed by atoms with Gasteiger partial charge in [0.05, 0.1) is 24.8 Å². The molecule has 0 amide bonds. The Morgan fingerprint density at radius 2 is 1.93 bits per heavy atom. The molecule has 3 saturated carbocycles. The van der Waals surface area contributed by atoms with Crippen LogP contribution >= 0.6 is 0 Å². The van der Waals surface area contributed by atoms with Crippen molar-refractivity contribution in [3.63, 3.8) is 0 Å². The van der Waals surface area contributed by atoms with Gasteiger partial charge in [0.25, 0.3) is 0 Å². The van der Waals surface area contributed by atoms with Gasteiger partial charge in [-0.05, 0) is 86.4 Å². The van der Waals surface area contributed by atoms with Gasteiger partial charge in [-0.2, -0.15) is 5.06 Å². The number of aliphatic hydroxyl groups is 2. The quantitative estimate of drug-likeness (QED) is 0.247.